The molecule has 6 heavy (non-hydrogen) atoms. The van der Waals surface area contributed by atoms with Gasteiger partial charge in [0.2, 0.25) is 0 Å². The third kappa shape index (κ3) is 1.26. The molecule has 4 nitrogen and oxygen atoms in total. The number of hydrogen-bond acceptors (Lipinski definition) is 3. The summed E-state index contributed by atoms with van der Waals surface area (Å²) in [6.45, 7) is 0. The van der Waals surface area contributed by atoms with Crippen molar-refractivity contribution in [3.8, 4) is 0 Å². The topological polar surface area (TPSA) is 54.5 Å². The van der Waals surface area contributed by atoms with Gasteiger partial charge in [-0.05, 0) is 0 Å². The van der Waals surface area contributed by atoms with Crippen LogP contribution in [-0.4, -0.2) is 20.6 Å². The Labute approximate surface area is 48.6 Å². The van der Waals surface area contributed by atoms with E-state index >= 15 is 0 Å². The number of aromatic nitrogens is 4. The van der Waals surface area contributed by atoms with E-state index in [2.05, 4.69) is 27.0 Å². The molecular weight excluding hydrogens is 252 g/mol. The molecule has 0 aliphatic carbocycles. The summed E-state index contributed by atoms with van der Waals surface area (Å²) in [4.78, 5) is 0. The Bertz CT molecular complexity index is 64.0. The first-order valence-electron chi connectivity index (χ1n) is 1.09. The van der Waals surface area contributed by atoms with E-state index in [1.54, 1.807) is 0 Å². The molecule has 30 valence electrons. The number of H-pyrrole nitrogens is 1. The molecule has 1 rings (SSSR count). The van der Waals surface area contributed by atoms with Crippen LogP contribution in [0.25, 0.3) is 0 Å². The van der Waals surface area contributed by atoms with Crippen molar-refractivity contribution in [2.24, 2.45) is 0 Å². The molecule has 0 aliphatic rings. The van der Waals surface area contributed by atoms with Gasteiger partial charge < -0.3 is 10.2 Å². The summed E-state index contributed by atoms with van der Waals surface area (Å²) in [6.07, 6.45) is 2.19. The van der Waals surface area contributed by atoms with E-state index in [4.69, 9.17) is 0 Å². The summed E-state index contributed by atoms with van der Waals surface area (Å²) < 4.78 is 0. The average Bonchev–Trinajstić information content (AvgIpc) is 1.76. The minimum Gasteiger partial charge on any atom is -0.357 e. The maximum absolute atomic E-state index is 3.25. The third-order valence-corrected chi connectivity index (χ3v) is 0.239. The first-order valence-corrected chi connectivity index (χ1v) is 1.09. The minimum atomic E-state index is 0. The van der Waals surface area contributed by atoms with Crippen LogP contribution in [0.4, 0.5) is 0 Å². The fraction of sp³-hybridized carbons (Fsp3) is 0. The van der Waals surface area contributed by atoms with E-state index in [0.717, 1.165) is 0 Å². The molecule has 0 bridgehead atoms. The Morgan fingerprint density at radius 1 is 1.50 bits per heavy atom. The van der Waals surface area contributed by atoms with Gasteiger partial charge in [0.1, 0.15) is 0 Å². The van der Waals surface area contributed by atoms with Crippen LogP contribution < -0.4 is 0 Å². The Morgan fingerprint density at radius 2 is 2.33 bits per heavy atom. The molecule has 5 heteroatoms. The number of nitrogens with one attached hydrogen (secondary N) is 1. The fourth-order valence-electron chi connectivity index (χ4n) is 0.112. The molecule has 0 aliphatic heterocycles. The Hall–Kier alpha value is -0.242. The Morgan fingerprint density at radius 3 is 2.50 bits per heavy atom. The van der Waals surface area contributed by atoms with Crippen molar-refractivity contribution in [2.75, 3.05) is 0 Å². The summed E-state index contributed by atoms with van der Waals surface area (Å²) >= 11 is 0. The summed E-state index contributed by atoms with van der Waals surface area (Å²) in [5, 5.41) is 11.8. The maximum Gasteiger partial charge on any atom is 2.00 e. The van der Waals surface area contributed by atoms with Gasteiger partial charge in [0.25, 0.3) is 0 Å². The molecular formula is CHN4W+. The fourth-order valence-corrected chi connectivity index (χ4v) is 0.112. The molecule has 1 N–H and O–H groups in total. The normalized spacial score (nSPS) is 6.67. The molecule has 1 aromatic heterocycles. The van der Waals surface area contributed by atoms with E-state index in [-0.39, 0.29) is 21.1 Å². The Balaban J connectivity index is 0.000000250. The van der Waals surface area contributed by atoms with Crippen molar-refractivity contribution < 1.29 is 21.1 Å². The van der Waals surface area contributed by atoms with Gasteiger partial charge in [0.05, 0.1) is 0 Å². The number of nitrogens with zero attached hydrogens (tertiary/aromatic N) is 3. The van der Waals surface area contributed by atoms with E-state index < -0.39 is 0 Å². The van der Waals surface area contributed by atoms with Gasteiger partial charge in [-0.25, -0.2) is 11.5 Å². The molecule has 1 heterocycles. The van der Waals surface area contributed by atoms with Gasteiger partial charge in [-0.1, -0.05) is 5.21 Å². The monoisotopic (exact) mass is 253 g/mol. The summed E-state index contributed by atoms with van der Waals surface area (Å²) in [5.41, 5.74) is 0. The predicted molar refractivity (Wildman–Crippen MR) is 13.0 cm³/mol. The van der Waals surface area contributed by atoms with Crippen LogP contribution >= 0.6 is 0 Å². The van der Waals surface area contributed by atoms with Crippen molar-refractivity contribution in [3.63, 3.8) is 0 Å². The van der Waals surface area contributed by atoms with Crippen LogP contribution in [0, 0.1) is 6.33 Å². The molecule has 0 aromatic carbocycles. The van der Waals surface area contributed by atoms with E-state index in [9.17, 15) is 0 Å². The number of rotatable bonds is 0. The smallest absolute Gasteiger partial charge is 0.357 e. The average molecular weight is 253 g/mol. The van der Waals surface area contributed by atoms with Crippen LogP contribution in [0.3, 0.4) is 0 Å². The van der Waals surface area contributed by atoms with E-state index in [1.165, 1.54) is 0 Å². The number of hydrogen-bond donors (Lipinski definition) is 1. The van der Waals surface area contributed by atoms with E-state index in [1.807, 2.05) is 0 Å². The molecule has 0 atom stereocenters. The van der Waals surface area contributed by atoms with Crippen LogP contribution in [0.15, 0.2) is 0 Å². The molecule has 0 amide bonds. The van der Waals surface area contributed by atoms with Crippen molar-refractivity contribution in [3.05, 3.63) is 6.33 Å². The van der Waals surface area contributed by atoms with Gasteiger partial charge in [0, 0.05) is 0 Å². The number of aromatic amines is 1. The van der Waals surface area contributed by atoms with Gasteiger partial charge in [-0.2, -0.15) is 0 Å². The first-order chi connectivity index (χ1) is 2.50. The van der Waals surface area contributed by atoms with Gasteiger partial charge in [-0.3, -0.25) is 0 Å². The van der Waals surface area contributed by atoms with Gasteiger partial charge in [0.15, 0.2) is 0 Å². The van der Waals surface area contributed by atoms with Crippen LogP contribution in [0.1, 0.15) is 0 Å². The van der Waals surface area contributed by atoms with E-state index in [0.29, 0.717) is 0 Å². The van der Waals surface area contributed by atoms with Crippen LogP contribution in [0.5, 0.6) is 0 Å². The first kappa shape index (κ1) is 5.76. The predicted octanol–water partition coefficient (Wildman–Crippen LogP) is -1.00. The van der Waals surface area contributed by atoms with Crippen molar-refractivity contribution >= 4 is 0 Å². The zero-order chi connectivity index (χ0) is 3.54. The molecule has 0 radical (unpaired) electrons. The molecule has 0 saturated carbocycles. The van der Waals surface area contributed by atoms with Crippen molar-refractivity contribution in [2.45, 2.75) is 0 Å². The van der Waals surface area contributed by atoms with Gasteiger partial charge in [-0.15, -0.1) is 0 Å². The second kappa shape index (κ2) is 2.97. The maximum atomic E-state index is 3.25. The largest absolute Gasteiger partial charge is 2.00 e. The zero-order valence-electron chi connectivity index (χ0n) is 2.75. The minimum absolute atomic E-state index is 0. The van der Waals surface area contributed by atoms with Gasteiger partial charge >= 0.3 is 21.1 Å². The molecule has 0 spiro atoms. The molecule has 1 aromatic rings. The standard InChI is InChI=1S/CHN4.W/c1-2-4-5-3-1;/h(H,2,3,4,5);/q-1;+2. The summed E-state index contributed by atoms with van der Waals surface area (Å²) in [7, 11) is 0. The molecule has 0 saturated heterocycles. The van der Waals surface area contributed by atoms with Crippen molar-refractivity contribution in [1.29, 1.82) is 0 Å². The van der Waals surface area contributed by atoms with Crippen molar-refractivity contribution in [1.82, 2.24) is 20.6 Å². The Kier molecular flexibility index (Phi) is 2.85. The second-order valence-corrected chi connectivity index (χ2v) is 0.512. The molecule has 0 fully saturated rings. The molecule has 0 unspecified atom stereocenters. The number of tetrazole rings is 1. The summed E-state index contributed by atoms with van der Waals surface area (Å²) in [6, 6.07) is 0. The zero-order valence-corrected chi connectivity index (χ0v) is 5.68. The SMILES string of the molecule is [W+2].[c-]1nn[nH]n1. The third-order valence-electron chi connectivity index (χ3n) is 0.239. The second-order valence-electron chi connectivity index (χ2n) is 0.512. The van der Waals surface area contributed by atoms with Crippen LogP contribution in [0.2, 0.25) is 0 Å². The van der Waals surface area contributed by atoms with Crippen LogP contribution in [-0.2, 0) is 21.1 Å². The summed E-state index contributed by atoms with van der Waals surface area (Å²) in [5.74, 6) is 0. The quantitative estimate of drug-likeness (QED) is 0.603.